The third kappa shape index (κ3) is 3.49. The second-order valence-electron chi connectivity index (χ2n) is 4.50. The molecule has 3 N–H and O–H groups in total. The number of carbonyl (C=O) groups excluding carboxylic acids is 1. The van der Waals surface area contributed by atoms with Gasteiger partial charge in [-0.05, 0) is 52.7 Å². The lowest BCUT2D eigenvalue weighted by Crippen LogP contribution is -2.14. The van der Waals surface area contributed by atoms with E-state index in [9.17, 15) is 4.79 Å². The molecule has 0 aromatic heterocycles. The van der Waals surface area contributed by atoms with Gasteiger partial charge in [0.25, 0.3) is 5.91 Å². The van der Waals surface area contributed by atoms with Crippen molar-refractivity contribution in [2.75, 3.05) is 18.2 Å². The van der Waals surface area contributed by atoms with Crippen LogP contribution in [-0.4, -0.2) is 13.0 Å². The maximum atomic E-state index is 12.4. The Morgan fingerprint density at radius 2 is 2.05 bits per heavy atom. The highest BCUT2D eigenvalue weighted by Crippen LogP contribution is 2.31. The van der Waals surface area contributed by atoms with Gasteiger partial charge in [0.1, 0.15) is 5.75 Å². The first-order valence-corrected chi connectivity index (χ1v) is 7.30. The summed E-state index contributed by atoms with van der Waals surface area (Å²) < 4.78 is 5.90. The Labute approximate surface area is 136 Å². The van der Waals surface area contributed by atoms with Crippen molar-refractivity contribution in [3.8, 4) is 5.75 Å². The van der Waals surface area contributed by atoms with E-state index in [-0.39, 0.29) is 5.91 Å². The minimum absolute atomic E-state index is 0.283. The molecule has 0 saturated carbocycles. The molecule has 0 aliphatic carbocycles. The van der Waals surface area contributed by atoms with Crippen LogP contribution < -0.4 is 15.8 Å². The fraction of sp³-hybridized carbons (Fsp3) is 0.133. The van der Waals surface area contributed by atoms with Gasteiger partial charge in [-0.1, -0.05) is 11.6 Å². The van der Waals surface area contributed by atoms with Crippen molar-refractivity contribution >= 4 is 44.8 Å². The molecule has 2 aromatic carbocycles. The largest absolute Gasteiger partial charge is 0.495 e. The van der Waals surface area contributed by atoms with Crippen LogP contribution in [0.15, 0.2) is 34.8 Å². The highest BCUT2D eigenvalue weighted by molar-refractivity contribution is 9.10. The number of nitrogens with one attached hydrogen (secondary N) is 1. The molecule has 0 saturated heterocycles. The molecular formula is C15H14BrClN2O2. The standard InChI is InChI=1S/C15H14BrClN2O2/c1-8-5-13(14(21-2)7-12(8)17)19-15(20)10-6-9(18)3-4-11(10)16/h3-7H,18H2,1-2H3,(H,19,20). The smallest absolute Gasteiger partial charge is 0.256 e. The Balaban J connectivity index is 2.35. The van der Waals surface area contributed by atoms with Crippen molar-refractivity contribution in [1.82, 2.24) is 0 Å². The maximum Gasteiger partial charge on any atom is 0.256 e. The normalized spacial score (nSPS) is 10.3. The van der Waals surface area contributed by atoms with E-state index in [4.69, 9.17) is 22.1 Å². The lowest BCUT2D eigenvalue weighted by atomic mass is 10.1. The van der Waals surface area contributed by atoms with Gasteiger partial charge in [0.05, 0.1) is 18.4 Å². The molecule has 4 nitrogen and oxygen atoms in total. The van der Waals surface area contributed by atoms with E-state index in [2.05, 4.69) is 21.2 Å². The predicted octanol–water partition coefficient (Wildman–Crippen LogP) is 4.25. The zero-order chi connectivity index (χ0) is 15.6. The minimum atomic E-state index is -0.283. The fourth-order valence-corrected chi connectivity index (χ4v) is 2.42. The molecule has 0 aliphatic heterocycles. The van der Waals surface area contributed by atoms with Gasteiger partial charge in [0, 0.05) is 21.2 Å². The molecule has 0 bridgehead atoms. The van der Waals surface area contributed by atoms with Gasteiger partial charge in [0.2, 0.25) is 0 Å². The number of ether oxygens (including phenoxy) is 1. The van der Waals surface area contributed by atoms with Crippen molar-refractivity contribution in [2.45, 2.75) is 6.92 Å². The number of nitrogen functional groups attached to an aromatic ring is 1. The number of nitrogens with two attached hydrogens (primary N) is 1. The third-order valence-electron chi connectivity index (χ3n) is 2.96. The summed E-state index contributed by atoms with van der Waals surface area (Å²) in [4.78, 5) is 12.4. The molecule has 0 fully saturated rings. The van der Waals surface area contributed by atoms with Gasteiger partial charge in [-0.2, -0.15) is 0 Å². The molecule has 1 amide bonds. The summed E-state index contributed by atoms with van der Waals surface area (Å²) in [6.45, 7) is 1.86. The lowest BCUT2D eigenvalue weighted by Gasteiger charge is -2.13. The number of anilines is 2. The average molecular weight is 370 g/mol. The van der Waals surface area contributed by atoms with E-state index < -0.39 is 0 Å². The maximum absolute atomic E-state index is 12.4. The SMILES string of the molecule is COc1cc(Cl)c(C)cc1NC(=O)c1cc(N)ccc1Br. The number of aryl methyl sites for hydroxylation is 1. The Bertz CT molecular complexity index is 704. The Morgan fingerprint density at radius 1 is 1.33 bits per heavy atom. The summed E-state index contributed by atoms with van der Waals surface area (Å²) in [5.74, 6) is 0.216. The first-order chi connectivity index (χ1) is 9.92. The Kier molecular flexibility index (Phi) is 4.75. The number of rotatable bonds is 3. The summed E-state index contributed by atoms with van der Waals surface area (Å²) in [7, 11) is 1.52. The van der Waals surface area contributed by atoms with E-state index in [1.807, 2.05) is 6.92 Å². The van der Waals surface area contributed by atoms with E-state index in [0.29, 0.717) is 32.2 Å². The van der Waals surface area contributed by atoms with Crippen molar-refractivity contribution in [2.24, 2.45) is 0 Å². The van der Waals surface area contributed by atoms with Crippen molar-refractivity contribution < 1.29 is 9.53 Å². The molecule has 0 spiro atoms. The summed E-state index contributed by atoms with van der Waals surface area (Å²) in [6, 6.07) is 8.48. The molecule has 0 aliphatic rings. The fourth-order valence-electron chi connectivity index (χ4n) is 1.84. The van der Waals surface area contributed by atoms with Gasteiger partial charge in [-0.25, -0.2) is 0 Å². The van der Waals surface area contributed by atoms with Gasteiger partial charge >= 0.3 is 0 Å². The van der Waals surface area contributed by atoms with Crippen LogP contribution in [0.4, 0.5) is 11.4 Å². The quantitative estimate of drug-likeness (QED) is 0.795. The highest BCUT2D eigenvalue weighted by Gasteiger charge is 2.14. The van der Waals surface area contributed by atoms with Gasteiger partial charge in [0.15, 0.2) is 0 Å². The first kappa shape index (κ1) is 15.7. The minimum Gasteiger partial charge on any atom is -0.495 e. The second kappa shape index (κ2) is 6.37. The Hall–Kier alpha value is -1.72. The lowest BCUT2D eigenvalue weighted by molar-refractivity contribution is 0.102. The van der Waals surface area contributed by atoms with Crippen molar-refractivity contribution in [1.29, 1.82) is 0 Å². The molecule has 0 radical (unpaired) electrons. The molecule has 0 heterocycles. The third-order valence-corrected chi connectivity index (χ3v) is 4.06. The van der Waals surface area contributed by atoms with Crippen LogP contribution in [0.1, 0.15) is 15.9 Å². The molecular weight excluding hydrogens is 356 g/mol. The number of halogens is 2. The second-order valence-corrected chi connectivity index (χ2v) is 5.76. The van der Waals surface area contributed by atoms with Crippen molar-refractivity contribution in [3.05, 3.63) is 51.0 Å². The highest BCUT2D eigenvalue weighted by atomic mass is 79.9. The monoisotopic (exact) mass is 368 g/mol. The van der Waals surface area contributed by atoms with Gasteiger partial charge in [-0.3, -0.25) is 4.79 Å². The number of carbonyl (C=O) groups is 1. The molecule has 2 aromatic rings. The number of hydrogen-bond donors (Lipinski definition) is 2. The number of methoxy groups -OCH3 is 1. The van der Waals surface area contributed by atoms with Gasteiger partial charge in [-0.15, -0.1) is 0 Å². The summed E-state index contributed by atoms with van der Waals surface area (Å²) in [5, 5.41) is 3.38. The molecule has 2 rings (SSSR count). The number of amides is 1. The van der Waals surface area contributed by atoms with Crippen LogP contribution in [0.2, 0.25) is 5.02 Å². The van der Waals surface area contributed by atoms with Crippen LogP contribution in [0.3, 0.4) is 0 Å². The average Bonchev–Trinajstić information content (AvgIpc) is 2.45. The van der Waals surface area contributed by atoms with E-state index >= 15 is 0 Å². The summed E-state index contributed by atoms with van der Waals surface area (Å²) in [6.07, 6.45) is 0. The molecule has 110 valence electrons. The zero-order valence-corrected chi connectivity index (χ0v) is 13.9. The number of benzene rings is 2. The van der Waals surface area contributed by atoms with Gasteiger partial charge < -0.3 is 15.8 Å². The molecule has 21 heavy (non-hydrogen) atoms. The van der Waals surface area contributed by atoms with E-state index in [1.165, 1.54) is 7.11 Å². The first-order valence-electron chi connectivity index (χ1n) is 6.13. The van der Waals surface area contributed by atoms with E-state index in [1.54, 1.807) is 30.3 Å². The predicted molar refractivity (Wildman–Crippen MR) is 89.2 cm³/mol. The Morgan fingerprint density at radius 3 is 2.71 bits per heavy atom. The molecule has 6 heteroatoms. The molecule has 0 unspecified atom stereocenters. The van der Waals surface area contributed by atoms with E-state index in [0.717, 1.165) is 5.56 Å². The molecule has 0 atom stereocenters. The van der Waals surface area contributed by atoms with Crippen LogP contribution in [0.5, 0.6) is 5.75 Å². The zero-order valence-electron chi connectivity index (χ0n) is 11.5. The summed E-state index contributed by atoms with van der Waals surface area (Å²) in [5.41, 5.74) is 8.08. The number of hydrogen-bond acceptors (Lipinski definition) is 3. The topological polar surface area (TPSA) is 64.3 Å². The van der Waals surface area contributed by atoms with Crippen molar-refractivity contribution in [3.63, 3.8) is 0 Å². The van der Waals surface area contributed by atoms with Crippen LogP contribution >= 0.6 is 27.5 Å². The van der Waals surface area contributed by atoms with Crippen LogP contribution in [-0.2, 0) is 0 Å². The van der Waals surface area contributed by atoms with Crippen LogP contribution in [0, 0.1) is 6.92 Å². The van der Waals surface area contributed by atoms with Crippen LogP contribution in [0.25, 0.3) is 0 Å². The summed E-state index contributed by atoms with van der Waals surface area (Å²) >= 11 is 9.38.